The number of halogens is 1. The van der Waals surface area contributed by atoms with Crippen molar-refractivity contribution in [3.63, 3.8) is 0 Å². The first-order chi connectivity index (χ1) is 14.0. The van der Waals surface area contributed by atoms with Crippen LogP contribution in [0.3, 0.4) is 0 Å². The van der Waals surface area contributed by atoms with Gasteiger partial charge in [-0.3, -0.25) is 9.48 Å². The topological polar surface area (TPSA) is 58.3 Å². The lowest BCUT2D eigenvalue weighted by Crippen LogP contribution is -2.34. The van der Waals surface area contributed by atoms with Crippen molar-refractivity contribution in [2.75, 3.05) is 19.5 Å². The summed E-state index contributed by atoms with van der Waals surface area (Å²) in [7, 11) is 0. The van der Waals surface area contributed by atoms with Crippen LogP contribution in [0.25, 0.3) is 22.5 Å². The van der Waals surface area contributed by atoms with Crippen LogP contribution in [0.5, 0.6) is 0 Å². The molecule has 0 N–H and O–H groups in total. The molecule has 150 valence electrons. The number of ether oxygens (including phenoxy) is 2. The Bertz CT molecular complexity index is 1150. The van der Waals surface area contributed by atoms with E-state index in [1.807, 2.05) is 30.0 Å². The molecule has 2 aliphatic heterocycles. The predicted molar refractivity (Wildman–Crippen MR) is 108 cm³/mol. The van der Waals surface area contributed by atoms with Crippen LogP contribution in [-0.4, -0.2) is 39.6 Å². The molecule has 2 aliphatic rings. The monoisotopic (exact) mass is 413 g/mol. The predicted octanol–water partition coefficient (Wildman–Crippen LogP) is 3.30. The molecule has 0 bridgehead atoms. The Morgan fingerprint density at radius 1 is 1.07 bits per heavy atom. The maximum Gasteiger partial charge on any atom is 0.275 e. The first-order valence-corrected chi connectivity index (χ1v) is 10.6. The van der Waals surface area contributed by atoms with Gasteiger partial charge in [-0.25, -0.2) is 14.1 Å². The van der Waals surface area contributed by atoms with Crippen molar-refractivity contribution in [3.8, 4) is 22.5 Å². The second kappa shape index (κ2) is 6.83. The van der Waals surface area contributed by atoms with E-state index in [1.54, 1.807) is 28.6 Å². The fourth-order valence-electron chi connectivity index (χ4n) is 4.08. The largest absolute Gasteiger partial charge is 0.344 e. The Labute approximate surface area is 171 Å². The molecular weight excluding hydrogens is 393 g/mol. The van der Waals surface area contributed by atoms with Gasteiger partial charge in [0.15, 0.2) is 0 Å². The first-order valence-electron chi connectivity index (χ1n) is 9.41. The van der Waals surface area contributed by atoms with Gasteiger partial charge in [0.25, 0.3) is 5.56 Å². The molecular formula is C21H20FN3O3S. The van der Waals surface area contributed by atoms with E-state index < -0.39 is 5.79 Å². The molecule has 1 saturated heterocycles. The normalized spacial score (nSPS) is 17.2. The average Bonchev–Trinajstić information content (AvgIpc) is 3.40. The number of hydrogen-bond donors (Lipinski definition) is 0. The van der Waals surface area contributed by atoms with E-state index in [9.17, 15) is 9.18 Å². The van der Waals surface area contributed by atoms with Gasteiger partial charge in [0.2, 0.25) is 5.79 Å². The Kier molecular flexibility index (Phi) is 4.38. The fraction of sp³-hybridized carbons (Fsp3) is 0.333. The minimum Gasteiger partial charge on any atom is -0.344 e. The van der Waals surface area contributed by atoms with Gasteiger partial charge < -0.3 is 9.47 Å². The zero-order chi connectivity index (χ0) is 20.2. The van der Waals surface area contributed by atoms with E-state index in [4.69, 9.17) is 14.5 Å². The van der Waals surface area contributed by atoms with Gasteiger partial charge in [-0.15, -0.1) is 11.8 Å². The molecule has 3 aromatic rings. The van der Waals surface area contributed by atoms with Crippen LogP contribution in [-0.2, 0) is 22.6 Å². The van der Waals surface area contributed by atoms with E-state index in [-0.39, 0.29) is 11.4 Å². The number of pyridine rings is 1. The van der Waals surface area contributed by atoms with E-state index in [2.05, 4.69) is 0 Å². The van der Waals surface area contributed by atoms with Gasteiger partial charge in [-0.05, 0) is 42.5 Å². The number of aromatic nitrogens is 3. The lowest BCUT2D eigenvalue weighted by molar-refractivity contribution is -0.158. The van der Waals surface area contributed by atoms with Gasteiger partial charge >= 0.3 is 0 Å². The molecule has 8 heteroatoms. The summed E-state index contributed by atoms with van der Waals surface area (Å²) >= 11 is 1.56. The van der Waals surface area contributed by atoms with Crippen LogP contribution < -0.4 is 5.56 Å². The number of aryl methyl sites for hydroxylation is 1. The fourth-order valence-corrected chi connectivity index (χ4v) is 4.66. The van der Waals surface area contributed by atoms with E-state index in [0.717, 1.165) is 10.6 Å². The molecule has 1 aromatic carbocycles. The number of thioether (sulfide) groups is 1. The number of rotatable bonds is 3. The minimum atomic E-state index is -0.803. The Morgan fingerprint density at radius 3 is 2.45 bits per heavy atom. The van der Waals surface area contributed by atoms with Crippen LogP contribution in [0, 0.1) is 12.7 Å². The molecule has 29 heavy (non-hydrogen) atoms. The SMILES string of the molecule is CSc1nc(-c2c(-c3ccc(F)cc3)c(=O)n3n2CC2(C3)OCCO2)ccc1C. The third-order valence-corrected chi connectivity index (χ3v) is 6.25. The summed E-state index contributed by atoms with van der Waals surface area (Å²) in [6, 6.07) is 9.93. The molecule has 1 fully saturated rings. The highest BCUT2D eigenvalue weighted by Crippen LogP contribution is 2.37. The molecule has 2 aromatic heterocycles. The van der Waals surface area contributed by atoms with Crippen molar-refractivity contribution in [3.05, 3.63) is 58.1 Å². The molecule has 5 rings (SSSR count). The standard InChI is InChI=1S/C21H20FN3O3S/c1-13-3-8-16(23-19(13)29-2)18-17(14-4-6-15(22)7-5-14)20(26)25-12-21(11-24(18)25)27-9-10-28-21/h3-8H,9-12H2,1-2H3. The summed E-state index contributed by atoms with van der Waals surface area (Å²) in [5.41, 5.74) is 3.50. The Morgan fingerprint density at radius 2 is 1.76 bits per heavy atom. The van der Waals surface area contributed by atoms with Crippen molar-refractivity contribution < 1.29 is 13.9 Å². The maximum absolute atomic E-state index is 13.5. The first kappa shape index (κ1) is 18.6. The number of fused-ring (bicyclic) bond motifs is 1. The summed E-state index contributed by atoms with van der Waals surface area (Å²) in [5.74, 6) is -1.14. The second-order valence-corrected chi connectivity index (χ2v) is 8.08. The lowest BCUT2D eigenvalue weighted by Gasteiger charge is -2.20. The number of benzene rings is 1. The summed E-state index contributed by atoms with van der Waals surface area (Å²) < 4.78 is 28.7. The third kappa shape index (κ3) is 2.94. The van der Waals surface area contributed by atoms with Crippen LogP contribution in [0.15, 0.2) is 46.2 Å². The number of hydrogen-bond acceptors (Lipinski definition) is 5. The molecule has 4 heterocycles. The minimum absolute atomic E-state index is 0.157. The second-order valence-electron chi connectivity index (χ2n) is 7.28. The molecule has 6 nitrogen and oxygen atoms in total. The number of nitrogens with zero attached hydrogens (tertiary/aromatic N) is 3. The molecule has 0 aliphatic carbocycles. The molecule has 0 atom stereocenters. The molecule has 0 amide bonds. The van der Waals surface area contributed by atoms with Gasteiger partial charge in [0.05, 0.1) is 48.3 Å². The van der Waals surface area contributed by atoms with Crippen molar-refractivity contribution in [2.45, 2.75) is 30.8 Å². The molecule has 0 saturated carbocycles. The quantitative estimate of drug-likeness (QED) is 0.617. The van der Waals surface area contributed by atoms with Crippen molar-refractivity contribution in [1.29, 1.82) is 0 Å². The zero-order valence-electron chi connectivity index (χ0n) is 16.1. The van der Waals surface area contributed by atoms with Gasteiger partial charge in [-0.1, -0.05) is 18.2 Å². The van der Waals surface area contributed by atoms with Crippen molar-refractivity contribution in [1.82, 2.24) is 14.3 Å². The van der Waals surface area contributed by atoms with Crippen LogP contribution >= 0.6 is 11.8 Å². The van der Waals surface area contributed by atoms with E-state index in [1.165, 1.54) is 12.1 Å². The molecule has 1 spiro atoms. The van der Waals surface area contributed by atoms with Gasteiger partial charge in [0.1, 0.15) is 5.82 Å². The molecule has 0 radical (unpaired) electrons. The third-order valence-electron chi connectivity index (χ3n) is 5.45. The van der Waals surface area contributed by atoms with Gasteiger partial charge in [-0.2, -0.15) is 0 Å². The highest BCUT2D eigenvalue weighted by atomic mass is 32.2. The smallest absolute Gasteiger partial charge is 0.275 e. The van der Waals surface area contributed by atoms with Gasteiger partial charge in [0, 0.05) is 0 Å². The van der Waals surface area contributed by atoms with E-state index in [0.29, 0.717) is 48.8 Å². The highest BCUT2D eigenvalue weighted by Gasteiger charge is 2.46. The van der Waals surface area contributed by atoms with E-state index >= 15 is 0 Å². The van der Waals surface area contributed by atoms with Crippen molar-refractivity contribution in [2.24, 2.45) is 0 Å². The summed E-state index contributed by atoms with van der Waals surface area (Å²) in [5, 5.41) is 0.904. The highest BCUT2D eigenvalue weighted by molar-refractivity contribution is 7.98. The summed E-state index contributed by atoms with van der Waals surface area (Å²) in [6.45, 7) is 3.76. The zero-order valence-corrected chi connectivity index (χ0v) is 17.0. The van der Waals surface area contributed by atoms with Crippen LogP contribution in [0.4, 0.5) is 4.39 Å². The maximum atomic E-state index is 13.5. The lowest BCUT2D eigenvalue weighted by atomic mass is 10.0. The summed E-state index contributed by atoms with van der Waals surface area (Å²) in [6.07, 6.45) is 1.98. The Balaban J connectivity index is 1.75. The van der Waals surface area contributed by atoms with Crippen LogP contribution in [0.2, 0.25) is 0 Å². The van der Waals surface area contributed by atoms with Crippen LogP contribution in [0.1, 0.15) is 5.56 Å². The van der Waals surface area contributed by atoms with Crippen molar-refractivity contribution >= 4 is 11.8 Å². The summed E-state index contributed by atoms with van der Waals surface area (Å²) in [4.78, 5) is 18.2. The molecule has 0 unspecified atom stereocenters. The average molecular weight is 413 g/mol. The Hall–Kier alpha value is -2.42.